The number of carbonyl (C=O) groups excluding carboxylic acids is 1. The Kier molecular flexibility index (Phi) is 4.49. The van der Waals surface area contributed by atoms with E-state index in [1.807, 2.05) is 55.5 Å². The molecule has 0 unspecified atom stereocenters. The normalized spacial score (nSPS) is 11.1. The Labute approximate surface area is 156 Å². The van der Waals surface area contributed by atoms with E-state index < -0.39 is 0 Å². The average molecular weight is 354 g/mol. The molecule has 4 aromatic rings. The van der Waals surface area contributed by atoms with Gasteiger partial charge in [-0.05, 0) is 41.0 Å². The third-order valence-corrected chi connectivity index (χ3v) is 4.43. The molecule has 27 heavy (non-hydrogen) atoms. The van der Waals surface area contributed by atoms with Crippen molar-refractivity contribution < 1.29 is 4.79 Å². The van der Waals surface area contributed by atoms with Gasteiger partial charge in [-0.3, -0.25) is 9.89 Å². The highest BCUT2D eigenvalue weighted by Crippen LogP contribution is 2.23. The number of aromatic amines is 1. The van der Waals surface area contributed by atoms with Crippen molar-refractivity contribution in [1.29, 1.82) is 0 Å². The summed E-state index contributed by atoms with van der Waals surface area (Å²) >= 11 is 0. The third kappa shape index (κ3) is 3.62. The number of rotatable bonds is 4. The second-order valence-corrected chi connectivity index (χ2v) is 6.28. The first-order valence-corrected chi connectivity index (χ1v) is 8.64. The van der Waals surface area contributed by atoms with E-state index in [0.29, 0.717) is 11.4 Å². The fourth-order valence-electron chi connectivity index (χ4n) is 2.89. The monoisotopic (exact) mass is 354 g/mol. The summed E-state index contributed by atoms with van der Waals surface area (Å²) < 4.78 is 0. The van der Waals surface area contributed by atoms with Gasteiger partial charge in [0.2, 0.25) is 0 Å². The Hall–Kier alpha value is -3.73. The molecule has 1 heterocycles. The molecule has 0 saturated carbocycles. The number of carbonyl (C=O) groups is 1. The molecule has 3 aromatic carbocycles. The zero-order valence-corrected chi connectivity index (χ0v) is 14.8. The first kappa shape index (κ1) is 16.7. The van der Waals surface area contributed by atoms with E-state index >= 15 is 0 Å². The summed E-state index contributed by atoms with van der Waals surface area (Å²) in [4.78, 5) is 12.3. The number of hydrogen-bond acceptors (Lipinski definition) is 3. The molecule has 0 aliphatic heterocycles. The van der Waals surface area contributed by atoms with Crippen molar-refractivity contribution in [2.75, 3.05) is 0 Å². The van der Waals surface area contributed by atoms with Crippen LogP contribution in [0.15, 0.2) is 77.9 Å². The summed E-state index contributed by atoms with van der Waals surface area (Å²) in [5.41, 5.74) is 6.61. The number of hydrazone groups is 1. The topological polar surface area (TPSA) is 70.1 Å². The van der Waals surface area contributed by atoms with Gasteiger partial charge in [-0.15, -0.1) is 0 Å². The predicted octanol–water partition coefficient (Wildman–Crippen LogP) is 4.30. The Morgan fingerprint density at radius 1 is 1.00 bits per heavy atom. The Morgan fingerprint density at radius 3 is 2.63 bits per heavy atom. The first-order valence-electron chi connectivity index (χ1n) is 8.64. The second-order valence-electron chi connectivity index (χ2n) is 6.28. The molecule has 0 fully saturated rings. The van der Waals surface area contributed by atoms with Crippen LogP contribution in [0.1, 0.15) is 21.6 Å². The lowest BCUT2D eigenvalue weighted by Crippen LogP contribution is -2.18. The average Bonchev–Trinajstić information content (AvgIpc) is 3.19. The van der Waals surface area contributed by atoms with Gasteiger partial charge in [-0.1, -0.05) is 60.7 Å². The quantitative estimate of drug-likeness (QED) is 0.424. The molecule has 132 valence electrons. The van der Waals surface area contributed by atoms with Crippen molar-refractivity contribution in [3.05, 3.63) is 89.6 Å². The van der Waals surface area contributed by atoms with Crippen molar-refractivity contribution in [1.82, 2.24) is 15.6 Å². The van der Waals surface area contributed by atoms with Crippen molar-refractivity contribution in [3.63, 3.8) is 0 Å². The van der Waals surface area contributed by atoms with Crippen LogP contribution >= 0.6 is 0 Å². The number of benzene rings is 3. The molecule has 5 nitrogen and oxygen atoms in total. The van der Waals surface area contributed by atoms with Gasteiger partial charge < -0.3 is 0 Å². The molecule has 1 amide bonds. The minimum absolute atomic E-state index is 0.334. The van der Waals surface area contributed by atoms with E-state index in [0.717, 1.165) is 22.1 Å². The summed E-state index contributed by atoms with van der Waals surface area (Å²) in [5, 5.41) is 13.4. The lowest BCUT2D eigenvalue weighted by molar-refractivity contribution is 0.0950. The number of aromatic nitrogens is 2. The number of amides is 1. The summed E-state index contributed by atoms with van der Waals surface area (Å²) in [5.74, 6) is -0.334. The van der Waals surface area contributed by atoms with Crippen LogP contribution in [0.25, 0.3) is 22.0 Å². The van der Waals surface area contributed by atoms with Gasteiger partial charge in [-0.25, -0.2) is 5.43 Å². The zero-order valence-electron chi connectivity index (χ0n) is 14.8. The van der Waals surface area contributed by atoms with Crippen LogP contribution in [-0.2, 0) is 0 Å². The first-order chi connectivity index (χ1) is 13.2. The summed E-state index contributed by atoms with van der Waals surface area (Å²) in [6, 6.07) is 23.8. The third-order valence-electron chi connectivity index (χ3n) is 4.43. The minimum Gasteiger partial charge on any atom is -0.272 e. The Bertz CT molecular complexity index is 1140. The molecule has 0 bridgehead atoms. The van der Waals surface area contributed by atoms with Gasteiger partial charge in [0.1, 0.15) is 5.69 Å². The van der Waals surface area contributed by atoms with E-state index in [4.69, 9.17) is 0 Å². The van der Waals surface area contributed by atoms with Crippen LogP contribution in [-0.4, -0.2) is 22.3 Å². The second kappa shape index (κ2) is 7.25. The molecule has 0 aliphatic rings. The van der Waals surface area contributed by atoms with Gasteiger partial charge >= 0.3 is 0 Å². The number of nitrogens with zero attached hydrogens (tertiary/aromatic N) is 2. The van der Waals surface area contributed by atoms with Gasteiger partial charge in [0.15, 0.2) is 0 Å². The van der Waals surface area contributed by atoms with Crippen LogP contribution < -0.4 is 5.43 Å². The van der Waals surface area contributed by atoms with Gasteiger partial charge in [-0.2, -0.15) is 10.2 Å². The lowest BCUT2D eigenvalue weighted by Gasteiger charge is -2.00. The van der Waals surface area contributed by atoms with E-state index in [1.165, 1.54) is 5.39 Å². The molecule has 0 radical (unpaired) electrons. The summed E-state index contributed by atoms with van der Waals surface area (Å²) in [6.07, 6.45) is 1.63. The van der Waals surface area contributed by atoms with Crippen LogP contribution in [0, 0.1) is 6.92 Å². The van der Waals surface area contributed by atoms with Crippen LogP contribution in [0.5, 0.6) is 0 Å². The molecule has 0 spiro atoms. The van der Waals surface area contributed by atoms with Gasteiger partial charge in [0, 0.05) is 5.56 Å². The molecule has 1 aromatic heterocycles. The van der Waals surface area contributed by atoms with Crippen molar-refractivity contribution in [2.45, 2.75) is 6.92 Å². The Morgan fingerprint density at radius 2 is 1.78 bits per heavy atom. The maximum atomic E-state index is 12.3. The van der Waals surface area contributed by atoms with Crippen LogP contribution in [0.2, 0.25) is 0 Å². The smallest absolute Gasteiger partial charge is 0.272 e. The molecule has 2 N–H and O–H groups in total. The molecular formula is C22H18N4O. The standard InChI is InChI=1S/C22H18N4O/c1-15-6-2-3-9-19(15)14-23-26-22(27)21-13-20(24-25-21)18-11-10-16-7-4-5-8-17(16)12-18/h2-14H,1H3,(H,24,25)(H,26,27). The van der Waals surface area contributed by atoms with Crippen molar-refractivity contribution in [2.24, 2.45) is 5.10 Å². The minimum atomic E-state index is -0.334. The number of fused-ring (bicyclic) bond motifs is 1. The largest absolute Gasteiger partial charge is 0.289 e. The zero-order chi connectivity index (χ0) is 18.6. The molecule has 4 rings (SSSR count). The molecule has 0 atom stereocenters. The number of nitrogens with one attached hydrogen (secondary N) is 2. The highest BCUT2D eigenvalue weighted by molar-refractivity contribution is 5.94. The highest BCUT2D eigenvalue weighted by atomic mass is 16.2. The van der Waals surface area contributed by atoms with E-state index in [1.54, 1.807) is 12.3 Å². The highest BCUT2D eigenvalue weighted by Gasteiger charge is 2.10. The SMILES string of the molecule is Cc1ccccc1C=NNC(=O)c1cc(-c2ccc3ccccc3c2)n[nH]1. The Balaban J connectivity index is 1.49. The molecule has 0 aliphatic carbocycles. The van der Waals surface area contributed by atoms with E-state index in [-0.39, 0.29) is 5.91 Å². The maximum Gasteiger partial charge on any atom is 0.289 e. The molecule has 5 heteroatoms. The van der Waals surface area contributed by atoms with Gasteiger partial charge in [0.25, 0.3) is 5.91 Å². The molecule has 0 saturated heterocycles. The fraction of sp³-hybridized carbons (Fsp3) is 0.0455. The van der Waals surface area contributed by atoms with E-state index in [9.17, 15) is 4.79 Å². The molecular weight excluding hydrogens is 336 g/mol. The van der Waals surface area contributed by atoms with Gasteiger partial charge in [0.05, 0.1) is 11.9 Å². The maximum absolute atomic E-state index is 12.3. The van der Waals surface area contributed by atoms with Crippen LogP contribution in [0.4, 0.5) is 0 Å². The predicted molar refractivity (Wildman–Crippen MR) is 108 cm³/mol. The number of H-pyrrole nitrogens is 1. The summed E-state index contributed by atoms with van der Waals surface area (Å²) in [6.45, 7) is 1.99. The van der Waals surface area contributed by atoms with Crippen LogP contribution in [0.3, 0.4) is 0 Å². The number of hydrogen-bond donors (Lipinski definition) is 2. The number of aryl methyl sites for hydroxylation is 1. The summed E-state index contributed by atoms with van der Waals surface area (Å²) in [7, 11) is 0. The lowest BCUT2D eigenvalue weighted by atomic mass is 10.1. The van der Waals surface area contributed by atoms with Crippen molar-refractivity contribution in [3.8, 4) is 11.3 Å². The van der Waals surface area contributed by atoms with Crippen molar-refractivity contribution >= 4 is 22.9 Å². The fourth-order valence-corrected chi connectivity index (χ4v) is 2.89. The van der Waals surface area contributed by atoms with E-state index in [2.05, 4.69) is 38.9 Å².